The number of hydrogen-bond acceptors (Lipinski definition) is 3. The van der Waals surface area contributed by atoms with Crippen molar-refractivity contribution in [2.45, 2.75) is 6.54 Å². The molecule has 3 rings (SSSR count). The summed E-state index contributed by atoms with van der Waals surface area (Å²) in [4.78, 5) is 24.5. The standard InChI is InChI=1S/C20H16N2O3/c23-18(16-7-2-1-3-8-16)15-22-13-5-4-10-19(22)21-20(24)12-11-17-9-6-14-25-17/h1-14H,15H2/p+1. The number of furan rings is 1. The van der Waals surface area contributed by atoms with Gasteiger partial charge in [0.2, 0.25) is 5.78 Å². The van der Waals surface area contributed by atoms with E-state index in [9.17, 15) is 9.59 Å². The van der Waals surface area contributed by atoms with Crippen molar-refractivity contribution in [2.24, 2.45) is 0 Å². The molecule has 2 aromatic heterocycles. The van der Waals surface area contributed by atoms with Crippen LogP contribution in [-0.2, 0) is 11.3 Å². The molecule has 3 aromatic rings. The number of benzene rings is 1. The van der Waals surface area contributed by atoms with E-state index in [0.29, 0.717) is 17.1 Å². The second-order valence-corrected chi connectivity index (χ2v) is 5.34. The van der Waals surface area contributed by atoms with Gasteiger partial charge in [0.25, 0.3) is 5.82 Å². The van der Waals surface area contributed by atoms with Gasteiger partial charge in [-0.2, -0.15) is 0 Å². The molecule has 0 radical (unpaired) electrons. The summed E-state index contributed by atoms with van der Waals surface area (Å²) in [6.07, 6.45) is 6.26. The molecule has 1 amide bonds. The number of nitrogens with one attached hydrogen (secondary N) is 1. The first-order valence-electron chi connectivity index (χ1n) is 7.82. The Bertz CT molecular complexity index is 884. The first kappa shape index (κ1) is 16.4. The van der Waals surface area contributed by atoms with E-state index in [1.165, 1.54) is 12.3 Å². The fourth-order valence-corrected chi connectivity index (χ4v) is 2.31. The highest BCUT2D eigenvalue weighted by atomic mass is 16.3. The number of ketones is 1. The van der Waals surface area contributed by atoms with E-state index >= 15 is 0 Å². The van der Waals surface area contributed by atoms with Crippen LogP contribution in [0.4, 0.5) is 5.82 Å². The third kappa shape index (κ3) is 4.51. The van der Waals surface area contributed by atoms with Crippen LogP contribution in [0.1, 0.15) is 16.1 Å². The number of hydrogen-bond donors (Lipinski definition) is 1. The molecule has 0 unspecified atom stereocenters. The highest BCUT2D eigenvalue weighted by Gasteiger charge is 2.15. The van der Waals surface area contributed by atoms with Gasteiger partial charge in [-0.15, -0.1) is 0 Å². The second-order valence-electron chi connectivity index (χ2n) is 5.34. The van der Waals surface area contributed by atoms with Crippen molar-refractivity contribution < 1.29 is 18.6 Å². The van der Waals surface area contributed by atoms with Crippen LogP contribution in [0.3, 0.4) is 0 Å². The lowest BCUT2D eigenvalue weighted by molar-refractivity contribution is -0.668. The number of carbonyl (C=O) groups is 2. The minimum absolute atomic E-state index is 0.0292. The number of nitrogens with zero attached hydrogens (tertiary/aromatic N) is 1. The zero-order valence-corrected chi connectivity index (χ0v) is 13.5. The molecule has 0 bridgehead atoms. The Morgan fingerprint density at radius 3 is 2.56 bits per heavy atom. The fourth-order valence-electron chi connectivity index (χ4n) is 2.31. The molecular formula is C20H17N2O3+. The van der Waals surface area contributed by atoms with Crippen molar-refractivity contribution in [2.75, 3.05) is 5.32 Å². The largest absolute Gasteiger partial charge is 0.465 e. The van der Waals surface area contributed by atoms with Gasteiger partial charge in [0, 0.05) is 17.7 Å². The van der Waals surface area contributed by atoms with Gasteiger partial charge in [-0.1, -0.05) is 36.4 Å². The Morgan fingerprint density at radius 1 is 1.00 bits per heavy atom. The van der Waals surface area contributed by atoms with Crippen LogP contribution in [-0.4, -0.2) is 11.7 Å². The minimum atomic E-state index is -0.302. The summed E-state index contributed by atoms with van der Waals surface area (Å²) in [5.41, 5.74) is 0.633. The molecule has 1 N–H and O–H groups in total. The monoisotopic (exact) mass is 333 g/mol. The number of pyridine rings is 1. The molecule has 0 aliphatic heterocycles. The molecule has 0 spiro atoms. The first-order chi connectivity index (χ1) is 12.2. The third-order valence-corrected chi connectivity index (χ3v) is 3.54. The number of Topliss-reactive ketones (excluding diaryl/α,β-unsaturated/α-hetero) is 1. The Labute approximate surface area is 145 Å². The normalized spacial score (nSPS) is 10.7. The molecule has 0 aliphatic carbocycles. The molecule has 25 heavy (non-hydrogen) atoms. The van der Waals surface area contributed by atoms with Crippen LogP contribution in [0.5, 0.6) is 0 Å². The van der Waals surface area contributed by atoms with E-state index in [2.05, 4.69) is 5.32 Å². The minimum Gasteiger partial charge on any atom is -0.465 e. The summed E-state index contributed by atoms with van der Waals surface area (Å²) in [5, 5.41) is 2.77. The Balaban J connectivity index is 1.70. The third-order valence-electron chi connectivity index (χ3n) is 3.54. The van der Waals surface area contributed by atoms with E-state index in [1.807, 2.05) is 24.3 Å². The quantitative estimate of drug-likeness (QED) is 0.428. The highest BCUT2D eigenvalue weighted by molar-refractivity contribution is 6.01. The number of aromatic nitrogens is 1. The predicted molar refractivity (Wildman–Crippen MR) is 93.8 cm³/mol. The average Bonchev–Trinajstić information content (AvgIpc) is 3.16. The molecule has 0 atom stereocenters. The van der Waals surface area contributed by atoms with E-state index in [1.54, 1.807) is 53.2 Å². The smallest absolute Gasteiger partial charge is 0.331 e. The lowest BCUT2D eigenvalue weighted by Gasteiger charge is -2.05. The number of anilines is 1. The highest BCUT2D eigenvalue weighted by Crippen LogP contribution is 2.05. The Hall–Kier alpha value is -3.47. The van der Waals surface area contributed by atoms with Gasteiger partial charge in [-0.05, 0) is 24.3 Å². The zero-order valence-electron chi connectivity index (χ0n) is 13.5. The van der Waals surface area contributed by atoms with Crippen LogP contribution >= 0.6 is 0 Å². The Kier molecular flexibility index (Phi) is 5.16. The number of amides is 1. The van der Waals surface area contributed by atoms with Crippen LogP contribution in [0.2, 0.25) is 0 Å². The summed E-state index contributed by atoms with van der Waals surface area (Å²) in [6, 6.07) is 17.9. The first-order valence-corrected chi connectivity index (χ1v) is 7.82. The van der Waals surface area contributed by atoms with Gasteiger partial charge in [-0.3, -0.25) is 4.79 Å². The molecule has 5 nitrogen and oxygen atoms in total. The van der Waals surface area contributed by atoms with Gasteiger partial charge in [0.1, 0.15) is 5.76 Å². The maximum absolute atomic E-state index is 12.4. The zero-order chi connectivity index (χ0) is 17.5. The van der Waals surface area contributed by atoms with Crippen LogP contribution in [0.25, 0.3) is 6.08 Å². The molecule has 0 fully saturated rings. The Morgan fingerprint density at radius 2 is 1.80 bits per heavy atom. The summed E-state index contributed by atoms with van der Waals surface area (Å²) in [5.74, 6) is 0.804. The molecule has 0 aliphatic rings. The maximum atomic E-state index is 12.4. The van der Waals surface area contributed by atoms with E-state index < -0.39 is 0 Å². The van der Waals surface area contributed by atoms with E-state index in [0.717, 1.165) is 0 Å². The number of carbonyl (C=O) groups excluding carboxylic acids is 2. The molecule has 0 saturated heterocycles. The SMILES string of the molecule is O=C(C=Cc1ccco1)Nc1cccc[n+]1CC(=O)c1ccccc1. The summed E-state index contributed by atoms with van der Waals surface area (Å²) < 4.78 is 6.85. The summed E-state index contributed by atoms with van der Waals surface area (Å²) in [7, 11) is 0. The van der Waals surface area contributed by atoms with Gasteiger partial charge < -0.3 is 4.42 Å². The molecule has 5 heteroatoms. The molecule has 1 aromatic carbocycles. The second kappa shape index (κ2) is 7.88. The molecular weight excluding hydrogens is 316 g/mol. The lowest BCUT2D eigenvalue weighted by atomic mass is 10.1. The molecule has 2 heterocycles. The van der Waals surface area contributed by atoms with Gasteiger partial charge >= 0.3 is 5.91 Å². The fraction of sp³-hybridized carbons (Fsp3) is 0.0500. The van der Waals surface area contributed by atoms with Crippen molar-refractivity contribution >= 4 is 23.6 Å². The van der Waals surface area contributed by atoms with Crippen molar-refractivity contribution in [3.8, 4) is 0 Å². The van der Waals surface area contributed by atoms with Crippen molar-refractivity contribution in [3.63, 3.8) is 0 Å². The maximum Gasteiger partial charge on any atom is 0.331 e. The van der Waals surface area contributed by atoms with Gasteiger partial charge in [-0.25, -0.2) is 14.7 Å². The molecule has 124 valence electrons. The molecule has 0 saturated carbocycles. The van der Waals surface area contributed by atoms with Crippen LogP contribution in [0.15, 0.2) is 83.6 Å². The lowest BCUT2D eigenvalue weighted by Crippen LogP contribution is -2.41. The summed E-state index contributed by atoms with van der Waals surface area (Å²) in [6.45, 7) is 0.141. The van der Waals surface area contributed by atoms with Crippen molar-refractivity contribution in [1.82, 2.24) is 0 Å². The van der Waals surface area contributed by atoms with E-state index in [4.69, 9.17) is 4.42 Å². The van der Waals surface area contributed by atoms with Gasteiger partial charge in [0.05, 0.1) is 12.5 Å². The van der Waals surface area contributed by atoms with Crippen molar-refractivity contribution in [1.29, 1.82) is 0 Å². The van der Waals surface area contributed by atoms with Gasteiger partial charge in [0.15, 0.2) is 6.54 Å². The average molecular weight is 333 g/mol. The van der Waals surface area contributed by atoms with Crippen molar-refractivity contribution in [3.05, 3.63) is 90.5 Å². The topological polar surface area (TPSA) is 63.2 Å². The van der Waals surface area contributed by atoms with Crippen LogP contribution in [0, 0.1) is 0 Å². The van der Waals surface area contributed by atoms with Crippen LogP contribution < -0.4 is 9.88 Å². The predicted octanol–water partition coefficient (Wildman–Crippen LogP) is 3.10. The number of rotatable bonds is 6. The summed E-state index contributed by atoms with van der Waals surface area (Å²) >= 11 is 0. The van der Waals surface area contributed by atoms with E-state index in [-0.39, 0.29) is 18.2 Å².